The lowest BCUT2D eigenvalue weighted by atomic mass is 9.81. The van der Waals surface area contributed by atoms with E-state index in [1.165, 1.54) is 19.3 Å². The Morgan fingerprint density at radius 1 is 1.50 bits per heavy atom. The molecule has 16 heavy (non-hydrogen) atoms. The number of hydrogen-bond acceptors (Lipinski definition) is 3. The van der Waals surface area contributed by atoms with Gasteiger partial charge < -0.3 is 0 Å². The molecule has 0 amide bonds. The van der Waals surface area contributed by atoms with Gasteiger partial charge in [0.1, 0.15) is 0 Å². The molecule has 1 aliphatic rings. The molecule has 3 heteroatoms. The lowest BCUT2D eigenvalue weighted by Crippen LogP contribution is -2.15. The summed E-state index contributed by atoms with van der Waals surface area (Å²) >= 11 is 1.64. The summed E-state index contributed by atoms with van der Waals surface area (Å²) in [6.07, 6.45) is 6.16. The quantitative estimate of drug-likeness (QED) is 0.754. The van der Waals surface area contributed by atoms with Gasteiger partial charge in [-0.25, -0.2) is 0 Å². The Morgan fingerprint density at radius 2 is 2.38 bits per heavy atom. The van der Waals surface area contributed by atoms with Crippen molar-refractivity contribution in [2.24, 2.45) is 5.92 Å². The molecule has 0 atom stereocenters. The van der Waals surface area contributed by atoms with Crippen molar-refractivity contribution < 1.29 is 4.79 Å². The third-order valence-electron chi connectivity index (χ3n) is 3.32. The Hall–Kier alpha value is -1.22. The highest BCUT2D eigenvalue weighted by molar-refractivity contribution is 7.17. The summed E-state index contributed by atoms with van der Waals surface area (Å²) in [5, 5.41) is 2.01. The van der Waals surface area contributed by atoms with Crippen LogP contribution in [0.15, 0.2) is 23.7 Å². The van der Waals surface area contributed by atoms with Crippen molar-refractivity contribution in [3.63, 3.8) is 0 Å². The Labute approximate surface area is 98.3 Å². The number of fused-ring (bicyclic) bond motifs is 1. The molecular weight excluding hydrogens is 218 g/mol. The van der Waals surface area contributed by atoms with Gasteiger partial charge in [-0.05, 0) is 23.4 Å². The van der Waals surface area contributed by atoms with Crippen LogP contribution in [-0.2, 0) is 0 Å². The molecule has 82 valence electrons. The number of thiophene rings is 1. The van der Waals surface area contributed by atoms with Gasteiger partial charge in [0, 0.05) is 18.2 Å². The normalized spacial score (nSPS) is 16.2. The summed E-state index contributed by atoms with van der Waals surface area (Å²) in [7, 11) is 0. The zero-order valence-corrected chi connectivity index (χ0v) is 9.80. The van der Waals surface area contributed by atoms with Crippen molar-refractivity contribution in [2.45, 2.75) is 25.7 Å². The van der Waals surface area contributed by atoms with E-state index in [-0.39, 0.29) is 5.78 Å². The van der Waals surface area contributed by atoms with Crippen LogP contribution in [0.4, 0.5) is 0 Å². The Bertz CT molecular complexity index is 527. The van der Waals surface area contributed by atoms with E-state index in [9.17, 15) is 4.79 Å². The highest BCUT2D eigenvalue weighted by Gasteiger charge is 2.21. The minimum absolute atomic E-state index is 0.257. The van der Waals surface area contributed by atoms with Gasteiger partial charge in [0.15, 0.2) is 5.78 Å². The van der Waals surface area contributed by atoms with E-state index in [2.05, 4.69) is 4.98 Å². The van der Waals surface area contributed by atoms with Gasteiger partial charge in [0.2, 0.25) is 0 Å². The van der Waals surface area contributed by atoms with E-state index < -0.39 is 0 Å². The molecule has 0 aliphatic heterocycles. The third-order valence-corrected chi connectivity index (χ3v) is 4.18. The van der Waals surface area contributed by atoms with Crippen molar-refractivity contribution in [1.82, 2.24) is 4.98 Å². The van der Waals surface area contributed by atoms with Gasteiger partial charge in [0.25, 0.3) is 0 Å². The monoisotopic (exact) mass is 231 g/mol. The number of hydrogen-bond donors (Lipinski definition) is 0. The molecule has 1 fully saturated rings. The van der Waals surface area contributed by atoms with E-state index in [0.29, 0.717) is 12.3 Å². The number of carbonyl (C=O) groups is 1. The SMILES string of the molecule is O=C(CC1CCC1)c1cnc2ccsc2c1. The fourth-order valence-corrected chi connectivity index (χ4v) is 2.86. The molecular formula is C13H13NOS. The molecule has 0 saturated heterocycles. The zero-order chi connectivity index (χ0) is 11.0. The maximum Gasteiger partial charge on any atom is 0.164 e. The molecule has 2 aromatic heterocycles. The summed E-state index contributed by atoms with van der Waals surface area (Å²) in [5.41, 5.74) is 1.77. The molecule has 3 rings (SSSR count). The van der Waals surface area contributed by atoms with Crippen LogP contribution in [0.3, 0.4) is 0 Å². The van der Waals surface area contributed by atoms with Crippen LogP contribution in [0.2, 0.25) is 0 Å². The molecule has 1 aliphatic carbocycles. The molecule has 2 heterocycles. The number of aromatic nitrogens is 1. The standard InChI is InChI=1S/C13H13NOS/c15-12(6-9-2-1-3-9)10-7-13-11(14-8-10)4-5-16-13/h4-5,7-9H,1-3,6H2. The van der Waals surface area contributed by atoms with Crippen LogP contribution >= 0.6 is 11.3 Å². The van der Waals surface area contributed by atoms with Gasteiger partial charge in [-0.3, -0.25) is 9.78 Å². The van der Waals surface area contributed by atoms with Crippen LogP contribution in [0.1, 0.15) is 36.0 Å². The van der Waals surface area contributed by atoms with Crippen LogP contribution < -0.4 is 0 Å². The highest BCUT2D eigenvalue weighted by atomic mass is 32.1. The van der Waals surface area contributed by atoms with E-state index in [4.69, 9.17) is 0 Å². The molecule has 0 radical (unpaired) electrons. The van der Waals surface area contributed by atoms with Gasteiger partial charge in [-0.2, -0.15) is 0 Å². The molecule has 0 unspecified atom stereocenters. The molecule has 0 spiro atoms. The largest absolute Gasteiger partial charge is 0.294 e. The zero-order valence-electron chi connectivity index (χ0n) is 8.98. The second kappa shape index (κ2) is 3.98. The fraction of sp³-hybridized carbons (Fsp3) is 0.385. The first kappa shape index (κ1) is 9.97. The third kappa shape index (κ3) is 1.76. The van der Waals surface area contributed by atoms with Gasteiger partial charge >= 0.3 is 0 Å². The first-order chi connectivity index (χ1) is 7.83. The average molecular weight is 231 g/mol. The molecule has 0 aromatic carbocycles. The first-order valence-electron chi connectivity index (χ1n) is 5.69. The van der Waals surface area contributed by atoms with Crippen LogP contribution in [0, 0.1) is 5.92 Å². The highest BCUT2D eigenvalue weighted by Crippen LogP contribution is 2.31. The van der Waals surface area contributed by atoms with Gasteiger partial charge in [0.05, 0.1) is 10.2 Å². The minimum Gasteiger partial charge on any atom is -0.294 e. The Kier molecular flexibility index (Phi) is 2.48. The molecule has 2 aromatic rings. The molecule has 0 N–H and O–H groups in total. The predicted octanol–water partition coefficient (Wildman–Crippen LogP) is 3.67. The predicted molar refractivity (Wildman–Crippen MR) is 65.9 cm³/mol. The summed E-state index contributed by atoms with van der Waals surface area (Å²) in [5.74, 6) is 0.888. The summed E-state index contributed by atoms with van der Waals surface area (Å²) in [4.78, 5) is 16.3. The van der Waals surface area contributed by atoms with E-state index in [1.807, 2.05) is 17.5 Å². The number of nitrogens with zero attached hydrogens (tertiary/aromatic N) is 1. The number of rotatable bonds is 3. The number of ketones is 1. The van der Waals surface area contributed by atoms with E-state index in [1.54, 1.807) is 17.5 Å². The molecule has 0 bridgehead atoms. The topological polar surface area (TPSA) is 30.0 Å². The van der Waals surface area contributed by atoms with Gasteiger partial charge in [-0.1, -0.05) is 19.3 Å². The smallest absolute Gasteiger partial charge is 0.164 e. The second-order valence-corrected chi connectivity index (χ2v) is 5.40. The molecule has 1 saturated carbocycles. The molecule has 2 nitrogen and oxygen atoms in total. The van der Waals surface area contributed by atoms with Crippen LogP contribution in [-0.4, -0.2) is 10.8 Å². The Morgan fingerprint density at radius 3 is 3.12 bits per heavy atom. The lowest BCUT2D eigenvalue weighted by Gasteiger charge is -2.24. The van der Waals surface area contributed by atoms with Crippen molar-refractivity contribution in [3.8, 4) is 0 Å². The first-order valence-corrected chi connectivity index (χ1v) is 6.57. The maximum absolute atomic E-state index is 12.0. The van der Waals surface area contributed by atoms with Crippen molar-refractivity contribution in [2.75, 3.05) is 0 Å². The summed E-state index contributed by atoms with van der Waals surface area (Å²) in [6, 6.07) is 3.97. The van der Waals surface area contributed by atoms with E-state index in [0.717, 1.165) is 15.8 Å². The second-order valence-electron chi connectivity index (χ2n) is 4.45. The van der Waals surface area contributed by atoms with Crippen molar-refractivity contribution in [3.05, 3.63) is 29.3 Å². The Balaban J connectivity index is 1.83. The van der Waals surface area contributed by atoms with Crippen molar-refractivity contribution >= 4 is 27.3 Å². The average Bonchev–Trinajstić information content (AvgIpc) is 2.69. The van der Waals surface area contributed by atoms with E-state index >= 15 is 0 Å². The van der Waals surface area contributed by atoms with Crippen molar-refractivity contribution in [1.29, 1.82) is 0 Å². The summed E-state index contributed by atoms with van der Waals surface area (Å²) < 4.78 is 1.11. The van der Waals surface area contributed by atoms with Gasteiger partial charge in [-0.15, -0.1) is 11.3 Å². The minimum atomic E-state index is 0.257. The fourth-order valence-electron chi connectivity index (χ4n) is 2.08. The maximum atomic E-state index is 12.0. The number of carbonyl (C=O) groups excluding carboxylic acids is 1. The summed E-state index contributed by atoms with van der Waals surface area (Å²) in [6.45, 7) is 0. The number of Topliss-reactive ketones (excluding diaryl/α,β-unsaturated/α-hetero) is 1. The van der Waals surface area contributed by atoms with Crippen LogP contribution in [0.25, 0.3) is 10.2 Å². The van der Waals surface area contributed by atoms with Crippen LogP contribution in [0.5, 0.6) is 0 Å². The lowest BCUT2D eigenvalue weighted by molar-refractivity contribution is 0.0936. The number of pyridine rings is 1.